The molecule has 0 aliphatic carbocycles. The van der Waals surface area contributed by atoms with E-state index in [1.54, 1.807) is 36.7 Å². The molecule has 4 aromatic rings. The third kappa shape index (κ3) is 5.64. The van der Waals surface area contributed by atoms with E-state index in [2.05, 4.69) is 36.0 Å². The number of nitrogens with zero attached hydrogens (tertiary/aromatic N) is 5. The van der Waals surface area contributed by atoms with Crippen molar-refractivity contribution in [3.63, 3.8) is 0 Å². The molecule has 2 amide bonds. The van der Waals surface area contributed by atoms with Gasteiger partial charge in [-0.25, -0.2) is 19.7 Å². The second-order valence-electron chi connectivity index (χ2n) is 6.76. The normalized spacial score (nSPS) is 10.9. The number of carbonyl (C=O) groups excluding carboxylic acids is 1. The first-order valence-corrected chi connectivity index (χ1v) is 11.6. The summed E-state index contributed by atoms with van der Waals surface area (Å²) in [4.78, 5) is 26.1. The lowest BCUT2D eigenvalue weighted by Crippen LogP contribution is -2.19. The Kier molecular flexibility index (Phi) is 7.35. The molecule has 12 heteroatoms. The number of benzene rings is 1. The lowest BCUT2D eigenvalue weighted by Gasteiger charge is -2.08. The summed E-state index contributed by atoms with van der Waals surface area (Å²) in [6.45, 7) is 1.35. The van der Waals surface area contributed by atoms with Gasteiger partial charge >= 0.3 is 6.03 Å². The summed E-state index contributed by atoms with van der Waals surface area (Å²) in [5.41, 5.74) is 2.26. The fourth-order valence-electron chi connectivity index (χ4n) is 3.04. The lowest BCUT2D eigenvalue weighted by atomic mass is 10.3. The first-order valence-electron chi connectivity index (χ1n) is 9.87. The predicted molar refractivity (Wildman–Crippen MR) is 129 cm³/mol. The molecular weight excluding hydrogens is 471 g/mol. The average molecular weight is 491 g/mol. The number of aromatic nitrogens is 5. The summed E-state index contributed by atoms with van der Waals surface area (Å²) >= 11 is 13.2. The summed E-state index contributed by atoms with van der Waals surface area (Å²) in [6, 6.07) is 6.57. The number of alkyl halides is 1. The van der Waals surface area contributed by atoms with Gasteiger partial charge in [0.05, 0.1) is 6.20 Å². The van der Waals surface area contributed by atoms with E-state index >= 15 is 0 Å². The van der Waals surface area contributed by atoms with Gasteiger partial charge in [0.1, 0.15) is 17.4 Å². The first kappa shape index (κ1) is 22.3. The molecule has 0 saturated heterocycles. The smallest absolute Gasteiger partial charge is 0.325 e. The molecule has 0 aliphatic heterocycles. The Labute approximate surface area is 198 Å². The van der Waals surface area contributed by atoms with Crippen LogP contribution in [0.1, 0.15) is 11.3 Å². The first-order chi connectivity index (χ1) is 15.6. The van der Waals surface area contributed by atoms with Crippen molar-refractivity contribution in [2.24, 2.45) is 0 Å². The molecule has 1 aromatic carbocycles. The van der Waals surface area contributed by atoms with Gasteiger partial charge in [-0.1, -0.05) is 17.7 Å². The Morgan fingerprint density at radius 1 is 1.16 bits per heavy atom. The molecule has 0 atom stereocenters. The fraction of sp³-hybridized carbons (Fsp3) is 0.250. The second kappa shape index (κ2) is 10.6. The van der Waals surface area contributed by atoms with Crippen LogP contribution in [0.4, 0.5) is 21.4 Å². The van der Waals surface area contributed by atoms with Crippen molar-refractivity contribution in [2.45, 2.75) is 19.4 Å². The van der Waals surface area contributed by atoms with Crippen LogP contribution >= 0.6 is 34.5 Å². The molecule has 0 radical (unpaired) electrons. The number of aryl methyl sites for hydroxylation is 1. The molecular formula is C20H20Cl2N8OS. The molecule has 0 bridgehead atoms. The summed E-state index contributed by atoms with van der Waals surface area (Å²) in [5.74, 6) is 1.29. The standard InChI is InChI=1S/C20H20Cl2N8OS/c21-6-2-8-30-17-16(11-27-30)25-12-26-18(17)23-7-5-15-10-24-20(32-15)29-19(31)28-14-4-1-3-13(22)9-14/h1,3-4,9-12H,2,5-8H2,(H,23,25,26)(H2,24,28,29,31). The lowest BCUT2D eigenvalue weighted by molar-refractivity contribution is 0.262. The van der Waals surface area contributed by atoms with Crippen LogP contribution in [0.5, 0.6) is 0 Å². The van der Waals surface area contributed by atoms with E-state index in [0.717, 1.165) is 34.6 Å². The third-order valence-electron chi connectivity index (χ3n) is 4.45. The quantitative estimate of drug-likeness (QED) is 0.289. The minimum absolute atomic E-state index is 0.375. The molecule has 166 valence electrons. The van der Waals surface area contributed by atoms with Gasteiger partial charge in [0.2, 0.25) is 0 Å². The van der Waals surface area contributed by atoms with E-state index in [1.807, 2.05) is 4.68 Å². The molecule has 0 fully saturated rings. The van der Waals surface area contributed by atoms with Crippen molar-refractivity contribution in [3.05, 3.63) is 52.9 Å². The van der Waals surface area contributed by atoms with Gasteiger partial charge in [-0.05, 0) is 24.6 Å². The zero-order chi connectivity index (χ0) is 22.3. The van der Waals surface area contributed by atoms with Crippen molar-refractivity contribution >= 4 is 68.2 Å². The second-order valence-corrected chi connectivity index (χ2v) is 8.69. The van der Waals surface area contributed by atoms with Crippen LogP contribution in [0.3, 0.4) is 0 Å². The third-order valence-corrected chi connectivity index (χ3v) is 5.93. The Morgan fingerprint density at radius 2 is 2.06 bits per heavy atom. The number of hydrogen-bond donors (Lipinski definition) is 3. The van der Waals surface area contributed by atoms with Crippen LogP contribution in [0, 0.1) is 0 Å². The van der Waals surface area contributed by atoms with E-state index in [-0.39, 0.29) is 6.03 Å². The van der Waals surface area contributed by atoms with Crippen molar-refractivity contribution in [1.82, 2.24) is 24.7 Å². The van der Waals surface area contributed by atoms with Crippen LogP contribution in [0.25, 0.3) is 11.0 Å². The zero-order valence-electron chi connectivity index (χ0n) is 16.9. The van der Waals surface area contributed by atoms with Gasteiger partial charge in [0, 0.05) is 47.2 Å². The van der Waals surface area contributed by atoms with Gasteiger partial charge in [-0.15, -0.1) is 22.9 Å². The summed E-state index contributed by atoms with van der Waals surface area (Å²) in [7, 11) is 0. The fourth-order valence-corrected chi connectivity index (χ4v) is 4.16. The van der Waals surface area contributed by atoms with Crippen molar-refractivity contribution in [2.75, 3.05) is 28.4 Å². The van der Waals surface area contributed by atoms with Gasteiger partial charge in [0.15, 0.2) is 10.9 Å². The van der Waals surface area contributed by atoms with Crippen LogP contribution < -0.4 is 16.0 Å². The van der Waals surface area contributed by atoms with Crippen molar-refractivity contribution in [3.8, 4) is 0 Å². The Hall–Kier alpha value is -2.95. The highest BCUT2D eigenvalue weighted by Gasteiger charge is 2.11. The number of urea groups is 1. The Balaban J connectivity index is 1.32. The van der Waals surface area contributed by atoms with E-state index < -0.39 is 0 Å². The van der Waals surface area contributed by atoms with Crippen LogP contribution in [-0.4, -0.2) is 43.2 Å². The number of fused-ring (bicyclic) bond motifs is 1. The molecule has 4 rings (SSSR count). The number of amides is 2. The number of hydrogen-bond acceptors (Lipinski definition) is 7. The number of halogens is 2. The van der Waals surface area contributed by atoms with Crippen molar-refractivity contribution in [1.29, 1.82) is 0 Å². The topological polar surface area (TPSA) is 110 Å². The molecule has 32 heavy (non-hydrogen) atoms. The maximum atomic E-state index is 12.2. The molecule has 3 N–H and O–H groups in total. The average Bonchev–Trinajstić information content (AvgIpc) is 3.39. The number of carbonyl (C=O) groups is 1. The molecule has 0 saturated carbocycles. The number of nitrogens with one attached hydrogen (secondary N) is 3. The SMILES string of the molecule is O=C(Nc1cccc(Cl)c1)Nc1ncc(CCNc2ncnc3cnn(CCCCl)c23)s1. The van der Waals surface area contributed by atoms with Gasteiger partial charge < -0.3 is 10.6 Å². The van der Waals surface area contributed by atoms with Crippen LogP contribution in [0.2, 0.25) is 5.02 Å². The van der Waals surface area contributed by atoms with Gasteiger partial charge in [-0.3, -0.25) is 10.00 Å². The van der Waals surface area contributed by atoms with E-state index in [1.165, 1.54) is 17.7 Å². The monoisotopic (exact) mass is 490 g/mol. The predicted octanol–water partition coefficient (Wildman–Crippen LogP) is 4.86. The highest BCUT2D eigenvalue weighted by Crippen LogP contribution is 2.22. The minimum atomic E-state index is -0.375. The van der Waals surface area contributed by atoms with Gasteiger partial charge in [-0.2, -0.15) is 5.10 Å². The highest BCUT2D eigenvalue weighted by atomic mass is 35.5. The maximum absolute atomic E-state index is 12.2. The molecule has 3 aromatic heterocycles. The van der Waals surface area contributed by atoms with Crippen LogP contribution in [0.15, 0.2) is 43.0 Å². The number of anilines is 3. The molecule has 0 aliphatic rings. The zero-order valence-corrected chi connectivity index (χ0v) is 19.2. The van der Waals surface area contributed by atoms with Crippen molar-refractivity contribution < 1.29 is 4.79 Å². The maximum Gasteiger partial charge on any atom is 0.325 e. The summed E-state index contributed by atoms with van der Waals surface area (Å²) in [6.07, 6.45) is 6.53. The van der Waals surface area contributed by atoms with Crippen LogP contribution in [-0.2, 0) is 13.0 Å². The summed E-state index contributed by atoms with van der Waals surface area (Å²) in [5, 5.41) is 14.3. The highest BCUT2D eigenvalue weighted by molar-refractivity contribution is 7.15. The molecule has 0 unspecified atom stereocenters. The number of rotatable bonds is 9. The number of thiazole rings is 1. The van der Waals surface area contributed by atoms with E-state index in [4.69, 9.17) is 23.2 Å². The Morgan fingerprint density at radius 3 is 2.91 bits per heavy atom. The van der Waals surface area contributed by atoms with Gasteiger partial charge in [0.25, 0.3) is 0 Å². The molecule has 9 nitrogen and oxygen atoms in total. The van der Waals surface area contributed by atoms with E-state index in [0.29, 0.717) is 34.8 Å². The van der Waals surface area contributed by atoms with E-state index in [9.17, 15) is 4.79 Å². The minimum Gasteiger partial charge on any atom is -0.368 e. The largest absolute Gasteiger partial charge is 0.368 e. The Bertz CT molecular complexity index is 1210. The molecule has 3 heterocycles. The summed E-state index contributed by atoms with van der Waals surface area (Å²) < 4.78 is 1.87. The molecule has 0 spiro atoms.